The standard InChI is InChI=1S/C22H19N5O3S/c1-13-11-16(30-2)7-8-17(13)26-22(29)19-10-9-18(31-19)21(28)25-15-5-3-14(4-6-15)20-23-12-24-27-20/h3-12H,1-2H3,(H,25,28)(H,26,29)(H,23,24,27). The molecule has 4 rings (SSSR count). The molecule has 0 fully saturated rings. The lowest BCUT2D eigenvalue weighted by Gasteiger charge is -2.09. The molecule has 2 aromatic carbocycles. The molecule has 0 saturated carbocycles. The van der Waals surface area contributed by atoms with Crippen molar-refractivity contribution < 1.29 is 14.3 Å². The molecule has 0 unspecified atom stereocenters. The van der Waals surface area contributed by atoms with Crippen LogP contribution in [0, 0.1) is 6.92 Å². The molecule has 4 aromatic rings. The first-order valence-electron chi connectivity index (χ1n) is 9.37. The molecular formula is C22H19N5O3S. The van der Waals surface area contributed by atoms with Gasteiger partial charge in [0.25, 0.3) is 11.8 Å². The minimum Gasteiger partial charge on any atom is -0.497 e. The van der Waals surface area contributed by atoms with Gasteiger partial charge in [0.2, 0.25) is 0 Å². The molecule has 0 atom stereocenters. The minimum absolute atomic E-state index is 0.270. The SMILES string of the molecule is COc1ccc(NC(=O)c2ccc(C(=O)Nc3ccc(-c4nnc[nH]4)cc3)s2)c(C)c1. The van der Waals surface area contributed by atoms with Gasteiger partial charge in [-0.1, -0.05) is 0 Å². The molecule has 0 aliphatic heterocycles. The summed E-state index contributed by atoms with van der Waals surface area (Å²) in [5.41, 5.74) is 3.08. The van der Waals surface area contributed by atoms with Crippen molar-refractivity contribution in [2.24, 2.45) is 0 Å². The predicted molar refractivity (Wildman–Crippen MR) is 120 cm³/mol. The van der Waals surface area contributed by atoms with Crippen molar-refractivity contribution in [3.8, 4) is 17.1 Å². The zero-order chi connectivity index (χ0) is 21.8. The van der Waals surface area contributed by atoms with E-state index in [2.05, 4.69) is 25.8 Å². The van der Waals surface area contributed by atoms with E-state index < -0.39 is 0 Å². The zero-order valence-corrected chi connectivity index (χ0v) is 17.6. The van der Waals surface area contributed by atoms with E-state index in [0.717, 1.165) is 28.2 Å². The molecule has 0 radical (unpaired) electrons. The lowest BCUT2D eigenvalue weighted by atomic mass is 10.2. The van der Waals surface area contributed by atoms with Crippen molar-refractivity contribution in [3.05, 3.63) is 76.2 Å². The highest BCUT2D eigenvalue weighted by Crippen LogP contribution is 2.24. The number of rotatable bonds is 6. The zero-order valence-electron chi connectivity index (χ0n) is 16.8. The smallest absolute Gasteiger partial charge is 0.265 e. The number of thiophene rings is 1. The van der Waals surface area contributed by atoms with Crippen LogP contribution in [0.2, 0.25) is 0 Å². The summed E-state index contributed by atoms with van der Waals surface area (Å²) in [6.45, 7) is 1.89. The molecule has 3 N–H and O–H groups in total. The van der Waals surface area contributed by atoms with E-state index >= 15 is 0 Å². The Morgan fingerprint density at radius 1 is 0.968 bits per heavy atom. The number of hydrogen-bond donors (Lipinski definition) is 3. The summed E-state index contributed by atoms with van der Waals surface area (Å²) in [4.78, 5) is 29.0. The molecule has 0 bridgehead atoms. The van der Waals surface area contributed by atoms with E-state index in [4.69, 9.17) is 4.74 Å². The molecule has 8 nitrogen and oxygen atoms in total. The van der Waals surface area contributed by atoms with Crippen LogP contribution in [0.15, 0.2) is 60.9 Å². The van der Waals surface area contributed by atoms with Gasteiger partial charge < -0.3 is 20.4 Å². The number of carbonyl (C=O) groups excluding carboxylic acids is 2. The fraction of sp³-hybridized carbons (Fsp3) is 0.0909. The topological polar surface area (TPSA) is 109 Å². The number of hydrogen-bond acceptors (Lipinski definition) is 6. The summed E-state index contributed by atoms with van der Waals surface area (Å²) in [5, 5.41) is 13.4. The number of aromatic nitrogens is 3. The second-order valence-corrected chi connectivity index (χ2v) is 7.75. The fourth-order valence-corrected chi connectivity index (χ4v) is 3.72. The third kappa shape index (κ3) is 4.62. The summed E-state index contributed by atoms with van der Waals surface area (Å²) in [6, 6.07) is 15.9. The third-order valence-corrected chi connectivity index (χ3v) is 5.65. The monoisotopic (exact) mass is 433 g/mol. The van der Waals surface area contributed by atoms with Crippen molar-refractivity contribution in [2.45, 2.75) is 6.92 Å². The Kier molecular flexibility index (Phi) is 5.76. The average molecular weight is 433 g/mol. The van der Waals surface area contributed by atoms with Crippen LogP contribution < -0.4 is 15.4 Å². The van der Waals surface area contributed by atoms with Gasteiger partial charge in [-0.2, -0.15) is 0 Å². The minimum atomic E-state index is -0.280. The third-order valence-electron chi connectivity index (χ3n) is 4.57. The van der Waals surface area contributed by atoms with Gasteiger partial charge in [-0.05, 0) is 67.1 Å². The Morgan fingerprint density at radius 3 is 2.29 bits per heavy atom. The van der Waals surface area contributed by atoms with E-state index in [1.165, 1.54) is 6.33 Å². The molecule has 2 aromatic heterocycles. The molecular weight excluding hydrogens is 414 g/mol. The lowest BCUT2D eigenvalue weighted by molar-refractivity contribution is 0.102. The molecule has 156 valence electrons. The second-order valence-electron chi connectivity index (χ2n) is 6.67. The highest BCUT2D eigenvalue weighted by Gasteiger charge is 2.15. The van der Waals surface area contributed by atoms with Crippen molar-refractivity contribution in [2.75, 3.05) is 17.7 Å². The van der Waals surface area contributed by atoms with Crippen LogP contribution in [-0.2, 0) is 0 Å². The highest BCUT2D eigenvalue weighted by atomic mass is 32.1. The fourth-order valence-electron chi connectivity index (χ4n) is 2.92. The number of ether oxygens (including phenoxy) is 1. The van der Waals surface area contributed by atoms with Crippen LogP contribution in [0.1, 0.15) is 24.9 Å². The first-order valence-corrected chi connectivity index (χ1v) is 10.2. The normalized spacial score (nSPS) is 10.5. The van der Waals surface area contributed by atoms with Gasteiger partial charge in [-0.15, -0.1) is 21.5 Å². The van der Waals surface area contributed by atoms with Crippen molar-refractivity contribution >= 4 is 34.5 Å². The number of H-pyrrole nitrogens is 1. The number of nitrogens with zero attached hydrogens (tertiary/aromatic N) is 2. The summed E-state index contributed by atoms with van der Waals surface area (Å²) >= 11 is 1.13. The highest BCUT2D eigenvalue weighted by molar-refractivity contribution is 7.16. The van der Waals surface area contributed by atoms with Gasteiger partial charge in [0.05, 0.1) is 16.9 Å². The predicted octanol–water partition coefficient (Wildman–Crippen LogP) is 4.35. The maximum Gasteiger partial charge on any atom is 0.265 e. The van der Waals surface area contributed by atoms with Gasteiger partial charge in [-0.25, -0.2) is 0 Å². The summed E-state index contributed by atoms with van der Waals surface area (Å²) in [6.07, 6.45) is 1.51. The van der Waals surface area contributed by atoms with Gasteiger partial charge in [0, 0.05) is 16.9 Å². The van der Waals surface area contributed by atoms with Crippen LogP contribution in [0.25, 0.3) is 11.4 Å². The average Bonchev–Trinajstić information content (AvgIpc) is 3.48. The summed E-state index contributed by atoms with van der Waals surface area (Å²) in [5.74, 6) is 0.823. The Bertz CT molecular complexity index is 1220. The van der Waals surface area contributed by atoms with Crippen LogP contribution >= 0.6 is 11.3 Å². The Hall–Kier alpha value is -3.98. The van der Waals surface area contributed by atoms with E-state index in [1.54, 1.807) is 43.5 Å². The van der Waals surface area contributed by atoms with Gasteiger partial charge >= 0.3 is 0 Å². The van der Waals surface area contributed by atoms with Gasteiger partial charge in [-0.3, -0.25) is 9.59 Å². The lowest BCUT2D eigenvalue weighted by Crippen LogP contribution is -2.11. The summed E-state index contributed by atoms with van der Waals surface area (Å²) in [7, 11) is 1.59. The number of anilines is 2. The van der Waals surface area contributed by atoms with Crippen LogP contribution in [0.4, 0.5) is 11.4 Å². The van der Waals surface area contributed by atoms with Crippen molar-refractivity contribution in [3.63, 3.8) is 0 Å². The Morgan fingerprint density at radius 2 is 1.68 bits per heavy atom. The number of nitrogens with one attached hydrogen (secondary N) is 3. The van der Waals surface area contributed by atoms with Crippen LogP contribution in [0.5, 0.6) is 5.75 Å². The molecule has 2 heterocycles. The number of aromatic amines is 1. The van der Waals surface area contributed by atoms with Crippen molar-refractivity contribution in [1.29, 1.82) is 0 Å². The molecule has 0 aliphatic carbocycles. The van der Waals surface area contributed by atoms with Gasteiger partial charge in [0.1, 0.15) is 12.1 Å². The number of aryl methyl sites for hydroxylation is 1. The number of carbonyl (C=O) groups is 2. The maximum absolute atomic E-state index is 12.6. The number of methoxy groups -OCH3 is 1. The van der Waals surface area contributed by atoms with E-state index in [9.17, 15) is 9.59 Å². The first kappa shape index (κ1) is 20.3. The molecule has 9 heteroatoms. The number of benzene rings is 2. The Labute approximate surface area is 182 Å². The Balaban J connectivity index is 1.41. The largest absolute Gasteiger partial charge is 0.497 e. The van der Waals surface area contributed by atoms with Crippen LogP contribution in [-0.4, -0.2) is 34.1 Å². The molecule has 31 heavy (non-hydrogen) atoms. The molecule has 2 amide bonds. The maximum atomic E-state index is 12.6. The molecule has 0 spiro atoms. The van der Waals surface area contributed by atoms with Crippen molar-refractivity contribution in [1.82, 2.24) is 15.2 Å². The number of amides is 2. The van der Waals surface area contributed by atoms with E-state index in [0.29, 0.717) is 27.0 Å². The quantitative estimate of drug-likeness (QED) is 0.419. The molecule has 0 aliphatic rings. The van der Waals surface area contributed by atoms with Gasteiger partial charge in [0.15, 0.2) is 5.82 Å². The van der Waals surface area contributed by atoms with E-state index in [-0.39, 0.29) is 11.8 Å². The first-order chi connectivity index (χ1) is 15.0. The second kappa shape index (κ2) is 8.80. The molecule has 0 saturated heterocycles. The van der Waals surface area contributed by atoms with E-state index in [1.807, 2.05) is 25.1 Å². The summed E-state index contributed by atoms with van der Waals surface area (Å²) < 4.78 is 5.18. The van der Waals surface area contributed by atoms with Crippen LogP contribution in [0.3, 0.4) is 0 Å².